The summed E-state index contributed by atoms with van der Waals surface area (Å²) in [6.07, 6.45) is 4.56. The van der Waals surface area contributed by atoms with Gasteiger partial charge < -0.3 is 14.8 Å². The highest BCUT2D eigenvalue weighted by atomic mass is 16.5. The predicted molar refractivity (Wildman–Crippen MR) is 111 cm³/mol. The first-order chi connectivity index (χ1) is 14.6. The summed E-state index contributed by atoms with van der Waals surface area (Å²) in [5.74, 6) is 0.849. The third-order valence-electron chi connectivity index (χ3n) is 4.92. The maximum Gasteiger partial charge on any atom is 0.248 e. The fraction of sp³-hybridized carbons (Fsp3) is 0.261. The lowest BCUT2D eigenvalue weighted by atomic mass is 10.1. The molecule has 1 saturated heterocycles. The Labute approximate surface area is 174 Å². The van der Waals surface area contributed by atoms with Gasteiger partial charge in [0, 0.05) is 31.0 Å². The van der Waals surface area contributed by atoms with Crippen molar-refractivity contribution in [2.24, 2.45) is 0 Å². The Morgan fingerprint density at radius 1 is 0.967 bits per heavy atom. The van der Waals surface area contributed by atoms with E-state index in [1.165, 1.54) is 11.0 Å². The van der Waals surface area contributed by atoms with Crippen LogP contribution in [0.5, 0.6) is 11.5 Å². The van der Waals surface area contributed by atoms with Crippen molar-refractivity contribution in [1.29, 1.82) is 0 Å². The van der Waals surface area contributed by atoms with Crippen LogP contribution in [0, 0.1) is 0 Å². The third kappa shape index (κ3) is 4.68. The Hall–Kier alpha value is -3.61. The molecule has 2 heterocycles. The Bertz CT molecular complexity index is 981. The molecular formula is C23H22N2O5. The molecule has 0 unspecified atom stereocenters. The van der Waals surface area contributed by atoms with Crippen LogP contribution in [0.1, 0.15) is 30.4 Å². The first-order valence-electron chi connectivity index (χ1n) is 9.89. The molecule has 0 saturated carbocycles. The number of nitrogens with one attached hydrogen (secondary N) is 1. The minimum Gasteiger partial charge on any atom is -0.490 e. The smallest absolute Gasteiger partial charge is 0.248 e. The topological polar surface area (TPSA) is 84.9 Å². The molecule has 1 fully saturated rings. The van der Waals surface area contributed by atoms with Crippen molar-refractivity contribution in [3.8, 4) is 11.5 Å². The van der Waals surface area contributed by atoms with Crippen LogP contribution < -0.4 is 14.8 Å². The van der Waals surface area contributed by atoms with Gasteiger partial charge in [-0.15, -0.1) is 0 Å². The zero-order valence-electron chi connectivity index (χ0n) is 16.4. The Morgan fingerprint density at radius 2 is 1.67 bits per heavy atom. The summed E-state index contributed by atoms with van der Waals surface area (Å²) < 4.78 is 11.3. The molecule has 1 N–H and O–H groups in total. The van der Waals surface area contributed by atoms with Crippen molar-refractivity contribution < 1.29 is 23.9 Å². The number of fused-ring (bicyclic) bond motifs is 1. The molecule has 0 aromatic heterocycles. The van der Waals surface area contributed by atoms with Crippen LogP contribution in [-0.2, 0) is 20.9 Å². The van der Waals surface area contributed by atoms with Crippen LogP contribution in [-0.4, -0.2) is 35.8 Å². The van der Waals surface area contributed by atoms with Gasteiger partial charge in [-0.25, -0.2) is 0 Å². The highest BCUT2D eigenvalue weighted by Gasteiger charge is 2.28. The second-order valence-electron chi connectivity index (χ2n) is 7.15. The zero-order chi connectivity index (χ0) is 20.9. The van der Waals surface area contributed by atoms with Crippen molar-refractivity contribution >= 4 is 29.5 Å². The van der Waals surface area contributed by atoms with Crippen LogP contribution in [0.2, 0.25) is 0 Å². The van der Waals surface area contributed by atoms with Gasteiger partial charge in [0.1, 0.15) is 0 Å². The minimum absolute atomic E-state index is 0.141. The van der Waals surface area contributed by atoms with Gasteiger partial charge in [-0.1, -0.05) is 18.2 Å². The Morgan fingerprint density at radius 3 is 2.40 bits per heavy atom. The molecule has 0 radical (unpaired) electrons. The lowest BCUT2D eigenvalue weighted by molar-refractivity contribution is -0.139. The van der Waals surface area contributed by atoms with E-state index in [0.29, 0.717) is 30.4 Å². The fourth-order valence-corrected chi connectivity index (χ4v) is 3.31. The maximum absolute atomic E-state index is 12.2. The summed E-state index contributed by atoms with van der Waals surface area (Å²) >= 11 is 0. The molecule has 0 spiro atoms. The van der Waals surface area contributed by atoms with Crippen molar-refractivity contribution in [3.05, 3.63) is 59.7 Å². The number of ether oxygens (including phenoxy) is 2. The van der Waals surface area contributed by atoms with Gasteiger partial charge >= 0.3 is 0 Å². The number of carbonyl (C=O) groups excluding carboxylic acids is 3. The molecule has 2 aliphatic heterocycles. The van der Waals surface area contributed by atoms with Gasteiger partial charge in [-0.3, -0.25) is 19.3 Å². The lowest BCUT2D eigenvalue weighted by Crippen LogP contribution is -2.28. The average molecular weight is 406 g/mol. The SMILES string of the molecule is O=C(/C=C/c1ccc2c(c1)OCCCO2)Nc1ccc(CN2C(=O)CCC2=O)cc1. The standard InChI is InChI=1S/C23H22N2O5/c26-21(9-5-16-4-8-19-20(14-16)30-13-1-12-29-19)24-18-6-2-17(3-7-18)15-25-22(27)10-11-23(25)28/h2-9,14H,1,10-13,15H2,(H,24,26)/b9-5+. The molecule has 3 amide bonds. The van der Waals surface area contributed by atoms with Gasteiger partial charge in [0.15, 0.2) is 11.5 Å². The molecule has 2 aliphatic rings. The van der Waals surface area contributed by atoms with E-state index < -0.39 is 0 Å². The van der Waals surface area contributed by atoms with Crippen molar-refractivity contribution in [2.75, 3.05) is 18.5 Å². The van der Waals surface area contributed by atoms with E-state index in [9.17, 15) is 14.4 Å². The van der Waals surface area contributed by atoms with E-state index in [1.807, 2.05) is 18.2 Å². The van der Waals surface area contributed by atoms with E-state index in [-0.39, 0.29) is 37.1 Å². The number of benzene rings is 2. The van der Waals surface area contributed by atoms with Gasteiger partial charge in [0.25, 0.3) is 0 Å². The first-order valence-corrected chi connectivity index (χ1v) is 9.89. The molecule has 2 aromatic rings. The summed E-state index contributed by atoms with van der Waals surface area (Å²) in [6, 6.07) is 12.6. The van der Waals surface area contributed by atoms with Crippen molar-refractivity contribution in [2.45, 2.75) is 25.8 Å². The number of hydrogen-bond donors (Lipinski definition) is 1. The van der Waals surface area contributed by atoms with Crippen LogP contribution in [0.3, 0.4) is 0 Å². The summed E-state index contributed by atoms with van der Waals surface area (Å²) in [4.78, 5) is 36.9. The fourth-order valence-electron chi connectivity index (χ4n) is 3.31. The second-order valence-corrected chi connectivity index (χ2v) is 7.15. The van der Waals surface area contributed by atoms with E-state index >= 15 is 0 Å². The number of likely N-dealkylation sites (tertiary alicyclic amines) is 1. The first kappa shape index (κ1) is 19.7. The molecule has 0 aliphatic carbocycles. The monoisotopic (exact) mass is 406 g/mol. The van der Waals surface area contributed by atoms with Gasteiger partial charge in [-0.05, 0) is 41.5 Å². The zero-order valence-corrected chi connectivity index (χ0v) is 16.4. The van der Waals surface area contributed by atoms with E-state index in [4.69, 9.17) is 9.47 Å². The molecule has 0 bridgehead atoms. The van der Waals surface area contributed by atoms with Gasteiger partial charge in [0.05, 0.1) is 19.8 Å². The second kappa shape index (κ2) is 8.82. The number of amides is 3. The molecule has 30 heavy (non-hydrogen) atoms. The molecule has 7 nitrogen and oxygen atoms in total. The number of rotatable bonds is 5. The highest BCUT2D eigenvalue weighted by molar-refractivity contribution is 6.02. The average Bonchev–Trinajstić information content (AvgIpc) is 2.94. The molecule has 2 aromatic carbocycles. The molecule has 7 heteroatoms. The van der Waals surface area contributed by atoms with Gasteiger partial charge in [-0.2, -0.15) is 0 Å². The molecular weight excluding hydrogens is 384 g/mol. The minimum atomic E-state index is -0.264. The number of carbonyl (C=O) groups is 3. The van der Waals surface area contributed by atoms with Gasteiger partial charge in [0.2, 0.25) is 17.7 Å². The van der Waals surface area contributed by atoms with Crippen LogP contribution in [0.25, 0.3) is 6.08 Å². The Balaban J connectivity index is 1.34. The van der Waals surface area contributed by atoms with Crippen LogP contribution >= 0.6 is 0 Å². The summed E-state index contributed by atoms with van der Waals surface area (Å²) in [6.45, 7) is 1.50. The molecule has 4 rings (SSSR count). The van der Waals surface area contributed by atoms with Crippen molar-refractivity contribution in [1.82, 2.24) is 4.90 Å². The largest absolute Gasteiger partial charge is 0.490 e. The number of hydrogen-bond acceptors (Lipinski definition) is 5. The van der Waals surface area contributed by atoms with Crippen molar-refractivity contribution in [3.63, 3.8) is 0 Å². The summed E-state index contributed by atoms with van der Waals surface area (Å²) in [7, 11) is 0. The van der Waals surface area contributed by atoms with Crippen LogP contribution in [0.4, 0.5) is 5.69 Å². The van der Waals surface area contributed by atoms with E-state index in [1.54, 1.807) is 30.3 Å². The highest BCUT2D eigenvalue weighted by Crippen LogP contribution is 2.30. The number of anilines is 1. The maximum atomic E-state index is 12.2. The van der Waals surface area contributed by atoms with Crippen LogP contribution in [0.15, 0.2) is 48.5 Å². The Kier molecular flexibility index (Phi) is 5.79. The number of nitrogens with zero attached hydrogens (tertiary/aromatic N) is 1. The quantitative estimate of drug-likeness (QED) is 0.609. The lowest BCUT2D eigenvalue weighted by Gasteiger charge is -2.14. The number of imide groups is 1. The normalized spacial score (nSPS) is 16.1. The molecule has 0 atom stereocenters. The predicted octanol–water partition coefficient (Wildman–Crippen LogP) is 3.15. The third-order valence-corrected chi connectivity index (χ3v) is 4.92. The van der Waals surface area contributed by atoms with E-state index in [0.717, 1.165) is 17.5 Å². The summed E-state index contributed by atoms with van der Waals surface area (Å²) in [5.41, 5.74) is 2.30. The van der Waals surface area contributed by atoms with E-state index in [2.05, 4.69) is 5.32 Å². The molecule has 154 valence electrons. The summed E-state index contributed by atoms with van der Waals surface area (Å²) in [5, 5.41) is 2.79.